The van der Waals surface area contributed by atoms with Gasteiger partial charge in [-0.1, -0.05) is 72.8 Å². The van der Waals surface area contributed by atoms with Crippen LogP contribution in [-0.4, -0.2) is 13.1 Å². The number of hydrogen-bond acceptors (Lipinski definition) is 3. The monoisotopic (exact) mass is 346 g/mol. The van der Waals surface area contributed by atoms with Gasteiger partial charge in [-0.3, -0.25) is 0 Å². The van der Waals surface area contributed by atoms with Crippen LogP contribution < -0.4 is 0 Å². The second-order valence-corrected chi connectivity index (χ2v) is 6.10. The fourth-order valence-corrected chi connectivity index (χ4v) is 2.93. The van der Waals surface area contributed by atoms with Gasteiger partial charge < -0.3 is 9.47 Å². The zero-order valence-corrected chi connectivity index (χ0v) is 15.0. The van der Waals surface area contributed by atoms with Crippen molar-refractivity contribution in [2.45, 2.75) is 19.1 Å². The molecule has 3 aromatic carbocycles. The Kier molecular flexibility index (Phi) is 5.82. The molecule has 3 aromatic rings. The van der Waals surface area contributed by atoms with Gasteiger partial charge >= 0.3 is 5.97 Å². The molecule has 3 nitrogen and oxygen atoms in total. The van der Waals surface area contributed by atoms with E-state index in [2.05, 4.69) is 12.1 Å². The zero-order valence-electron chi connectivity index (χ0n) is 15.0. The lowest BCUT2D eigenvalue weighted by molar-refractivity contribution is 0.0180. The van der Waals surface area contributed by atoms with Crippen molar-refractivity contribution in [3.05, 3.63) is 107 Å². The van der Waals surface area contributed by atoms with Crippen LogP contribution in [0.25, 0.3) is 0 Å². The lowest BCUT2D eigenvalue weighted by atomic mass is 9.99. The van der Waals surface area contributed by atoms with E-state index in [9.17, 15) is 4.79 Å². The minimum atomic E-state index is -0.352. The lowest BCUT2D eigenvalue weighted by Crippen LogP contribution is -2.11. The summed E-state index contributed by atoms with van der Waals surface area (Å²) in [7, 11) is 1.39. The molecule has 0 aromatic heterocycles. The van der Waals surface area contributed by atoms with E-state index in [1.165, 1.54) is 7.11 Å². The minimum absolute atomic E-state index is 0.0943. The summed E-state index contributed by atoms with van der Waals surface area (Å²) < 4.78 is 11.3. The molecule has 0 aliphatic carbocycles. The zero-order chi connectivity index (χ0) is 18.4. The molecule has 26 heavy (non-hydrogen) atoms. The van der Waals surface area contributed by atoms with Crippen LogP contribution in [0.5, 0.6) is 0 Å². The molecule has 3 heteroatoms. The number of hydrogen-bond donors (Lipinski definition) is 0. The van der Waals surface area contributed by atoms with E-state index in [0.717, 1.165) is 16.7 Å². The van der Waals surface area contributed by atoms with Crippen molar-refractivity contribution >= 4 is 5.97 Å². The highest BCUT2D eigenvalue weighted by molar-refractivity contribution is 5.89. The Bertz CT molecular complexity index is 844. The van der Waals surface area contributed by atoms with Crippen molar-refractivity contribution in [3.8, 4) is 0 Å². The number of carbonyl (C=O) groups is 1. The Hall–Kier alpha value is -2.91. The van der Waals surface area contributed by atoms with Crippen molar-refractivity contribution in [2.24, 2.45) is 0 Å². The molecule has 0 radical (unpaired) electrons. The van der Waals surface area contributed by atoms with Gasteiger partial charge in [0, 0.05) is 0 Å². The SMILES string of the molecule is COC(=O)c1cccc(C(O[C@H](C)c2ccccc2)c2ccccc2)c1. The first-order chi connectivity index (χ1) is 12.7. The predicted molar refractivity (Wildman–Crippen MR) is 102 cm³/mol. The first kappa shape index (κ1) is 17.9. The van der Waals surface area contributed by atoms with Crippen LogP contribution in [0.2, 0.25) is 0 Å². The molecule has 3 rings (SSSR count). The Balaban J connectivity index is 1.96. The summed E-state index contributed by atoms with van der Waals surface area (Å²) in [5, 5.41) is 0. The maximum absolute atomic E-state index is 11.9. The van der Waals surface area contributed by atoms with Crippen molar-refractivity contribution < 1.29 is 14.3 Å². The van der Waals surface area contributed by atoms with Crippen LogP contribution in [0.4, 0.5) is 0 Å². The highest BCUT2D eigenvalue weighted by Gasteiger charge is 2.20. The molecule has 0 aliphatic rings. The number of benzene rings is 3. The molecule has 0 saturated carbocycles. The molecule has 0 heterocycles. The van der Waals surface area contributed by atoms with E-state index >= 15 is 0 Å². The highest BCUT2D eigenvalue weighted by Crippen LogP contribution is 2.32. The van der Waals surface area contributed by atoms with E-state index < -0.39 is 0 Å². The van der Waals surface area contributed by atoms with Crippen molar-refractivity contribution in [3.63, 3.8) is 0 Å². The van der Waals surface area contributed by atoms with E-state index in [4.69, 9.17) is 9.47 Å². The summed E-state index contributed by atoms with van der Waals surface area (Å²) in [5.41, 5.74) is 3.58. The molecular formula is C23H22O3. The average Bonchev–Trinajstić information content (AvgIpc) is 2.72. The third kappa shape index (κ3) is 4.19. The third-order valence-corrected chi connectivity index (χ3v) is 4.32. The molecule has 0 N–H and O–H groups in total. The Labute approximate surface area is 154 Å². The van der Waals surface area contributed by atoms with Crippen LogP contribution in [0.1, 0.15) is 46.2 Å². The smallest absolute Gasteiger partial charge is 0.337 e. The van der Waals surface area contributed by atoms with E-state index in [1.807, 2.05) is 73.7 Å². The Morgan fingerprint density at radius 1 is 0.769 bits per heavy atom. The Morgan fingerprint density at radius 3 is 1.96 bits per heavy atom. The van der Waals surface area contributed by atoms with Gasteiger partial charge in [0.25, 0.3) is 0 Å². The number of ether oxygens (including phenoxy) is 2. The van der Waals surface area contributed by atoms with Crippen LogP contribution >= 0.6 is 0 Å². The van der Waals surface area contributed by atoms with Crippen molar-refractivity contribution in [2.75, 3.05) is 7.11 Å². The van der Waals surface area contributed by atoms with Crippen LogP contribution in [0, 0.1) is 0 Å². The van der Waals surface area contributed by atoms with Gasteiger partial charge in [0.05, 0.1) is 18.8 Å². The molecule has 0 amide bonds. The topological polar surface area (TPSA) is 35.5 Å². The Morgan fingerprint density at radius 2 is 1.35 bits per heavy atom. The van der Waals surface area contributed by atoms with Gasteiger partial charge in [-0.05, 0) is 35.7 Å². The first-order valence-electron chi connectivity index (χ1n) is 8.62. The van der Waals surface area contributed by atoms with Crippen LogP contribution in [0.15, 0.2) is 84.9 Å². The van der Waals surface area contributed by atoms with E-state index in [0.29, 0.717) is 5.56 Å². The van der Waals surface area contributed by atoms with Gasteiger partial charge in [-0.15, -0.1) is 0 Å². The molecule has 0 aliphatic heterocycles. The molecule has 0 bridgehead atoms. The summed E-state index contributed by atoms with van der Waals surface area (Å²) in [5.74, 6) is -0.352. The molecule has 132 valence electrons. The summed E-state index contributed by atoms with van der Waals surface area (Å²) >= 11 is 0. The number of carbonyl (C=O) groups excluding carboxylic acids is 1. The van der Waals surface area contributed by atoms with Crippen LogP contribution in [-0.2, 0) is 9.47 Å². The van der Waals surface area contributed by atoms with Crippen LogP contribution in [0.3, 0.4) is 0 Å². The molecular weight excluding hydrogens is 324 g/mol. The fourth-order valence-electron chi connectivity index (χ4n) is 2.93. The molecule has 0 saturated heterocycles. The summed E-state index contributed by atoms with van der Waals surface area (Å²) in [6.07, 6.45) is -0.376. The minimum Gasteiger partial charge on any atom is -0.465 e. The second kappa shape index (κ2) is 8.45. The van der Waals surface area contributed by atoms with Gasteiger partial charge in [-0.25, -0.2) is 4.79 Å². The van der Waals surface area contributed by atoms with Crippen molar-refractivity contribution in [1.29, 1.82) is 0 Å². The number of esters is 1. The average molecular weight is 346 g/mol. The lowest BCUT2D eigenvalue weighted by Gasteiger charge is -2.24. The predicted octanol–water partition coefficient (Wildman–Crippen LogP) is 5.34. The standard InChI is InChI=1S/C23H22O3/c1-17(18-10-5-3-6-11-18)26-22(19-12-7-4-8-13-19)20-14-9-15-21(16-20)23(24)25-2/h3-17,22H,1-2H3/t17-,22?/m1/s1. The normalized spacial score (nSPS) is 13.0. The summed E-state index contributed by atoms with van der Waals surface area (Å²) in [6, 6.07) is 27.5. The summed E-state index contributed by atoms with van der Waals surface area (Å²) in [6.45, 7) is 2.04. The van der Waals surface area contributed by atoms with Gasteiger partial charge in [0.1, 0.15) is 6.10 Å². The first-order valence-corrected chi connectivity index (χ1v) is 8.62. The highest BCUT2D eigenvalue weighted by atomic mass is 16.5. The number of methoxy groups -OCH3 is 1. The molecule has 0 spiro atoms. The van der Waals surface area contributed by atoms with Gasteiger partial charge in [0.15, 0.2) is 0 Å². The fraction of sp³-hybridized carbons (Fsp3) is 0.174. The largest absolute Gasteiger partial charge is 0.465 e. The third-order valence-electron chi connectivity index (χ3n) is 4.32. The quantitative estimate of drug-likeness (QED) is 0.565. The maximum atomic E-state index is 11.9. The van der Waals surface area contributed by atoms with E-state index in [1.54, 1.807) is 6.07 Å². The number of rotatable bonds is 6. The summed E-state index contributed by atoms with van der Waals surface area (Å²) in [4.78, 5) is 11.9. The maximum Gasteiger partial charge on any atom is 0.337 e. The van der Waals surface area contributed by atoms with Gasteiger partial charge in [0.2, 0.25) is 0 Å². The molecule has 0 fully saturated rings. The van der Waals surface area contributed by atoms with E-state index in [-0.39, 0.29) is 18.2 Å². The van der Waals surface area contributed by atoms with Crippen molar-refractivity contribution in [1.82, 2.24) is 0 Å². The van der Waals surface area contributed by atoms with Gasteiger partial charge in [-0.2, -0.15) is 0 Å². The second-order valence-electron chi connectivity index (χ2n) is 6.10. The molecule has 1 unspecified atom stereocenters. The molecule has 2 atom stereocenters.